The summed E-state index contributed by atoms with van der Waals surface area (Å²) in [5, 5.41) is 3.31. The molecule has 3 rings (SSSR count). The Hall–Kier alpha value is -2.41. The van der Waals surface area contributed by atoms with Crippen LogP contribution in [0.3, 0.4) is 0 Å². The number of carbonyl (C=O) groups excluding carboxylic acids is 1. The lowest BCUT2D eigenvalue weighted by Crippen LogP contribution is -2.36. The minimum Gasteiger partial charge on any atom is -0.350 e. The zero-order valence-corrected chi connectivity index (χ0v) is 14.9. The van der Waals surface area contributed by atoms with Crippen LogP contribution in [0.4, 0.5) is 5.69 Å². The molecule has 0 radical (unpaired) electrons. The molecule has 0 saturated carbocycles. The number of benzene rings is 1. The Morgan fingerprint density at radius 3 is 2.33 bits per heavy atom. The molecule has 7 heteroatoms. The summed E-state index contributed by atoms with van der Waals surface area (Å²) in [6.45, 7) is 5.71. The fourth-order valence-electron chi connectivity index (χ4n) is 2.97. The van der Waals surface area contributed by atoms with Crippen molar-refractivity contribution >= 4 is 28.9 Å². The van der Waals surface area contributed by atoms with Crippen molar-refractivity contribution in [3.05, 3.63) is 46.4 Å². The van der Waals surface area contributed by atoms with Gasteiger partial charge in [0.25, 0.3) is 11.5 Å². The van der Waals surface area contributed by atoms with Crippen molar-refractivity contribution in [3.8, 4) is 5.69 Å². The molecule has 1 amide bonds. The number of rotatable bonds is 3. The van der Waals surface area contributed by atoms with Gasteiger partial charge in [-0.2, -0.15) is 0 Å². The van der Waals surface area contributed by atoms with E-state index in [4.69, 9.17) is 12.2 Å². The van der Waals surface area contributed by atoms with Gasteiger partial charge in [-0.25, -0.2) is 9.58 Å². The highest BCUT2D eigenvalue weighted by molar-refractivity contribution is 7.80. The van der Waals surface area contributed by atoms with Gasteiger partial charge in [-0.3, -0.25) is 14.3 Å². The van der Waals surface area contributed by atoms with Crippen LogP contribution in [-0.2, 0) is 11.8 Å². The highest BCUT2D eigenvalue weighted by atomic mass is 32.1. The Morgan fingerprint density at radius 2 is 1.79 bits per heavy atom. The quantitative estimate of drug-likeness (QED) is 0.862. The van der Waals surface area contributed by atoms with E-state index in [1.807, 2.05) is 51.1 Å². The number of hydrogen-bond acceptors (Lipinski definition) is 3. The number of anilines is 1. The number of amides is 1. The second kappa shape index (κ2) is 5.90. The monoisotopic (exact) mass is 344 g/mol. The number of aromatic nitrogens is 2. The second-order valence-corrected chi connectivity index (χ2v) is 6.64. The molecule has 0 bridgehead atoms. The summed E-state index contributed by atoms with van der Waals surface area (Å²) in [7, 11) is 1.80. The highest BCUT2D eigenvalue weighted by Gasteiger charge is 2.41. The number of carbonyl (C=O) groups is 1. The Balaban J connectivity index is 2.16. The van der Waals surface area contributed by atoms with E-state index in [0.717, 1.165) is 5.69 Å². The standard InChI is InChI=1S/C17H20N4O2S/c1-10(2)13-15(22)20(17(24)18-13)14-11(3)19(4)21(16(14)23)12-8-6-5-7-9-12/h5-10,13H,1-4H3,(H,18,24)/t13-/m0/s1. The lowest BCUT2D eigenvalue weighted by atomic mass is 10.1. The zero-order valence-electron chi connectivity index (χ0n) is 14.1. The average Bonchev–Trinajstić information content (AvgIpc) is 2.95. The molecule has 1 fully saturated rings. The topological polar surface area (TPSA) is 59.3 Å². The summed E-state index contributed by atoms with van der Waals surface area (Å²) in [6.07, 6.45) is 0. The van der Waals surface area contributed by atoms with E-state index < -0.39 is 6.04 Å². The summed E-state index contributed by atoms with van der Waals surface area (Å²) in [4.78, 5) is 27.1. The van der Waals surface area contributed by atoms with E-state index in [2.05, 4.69) is 5.32 Å². The Kier molecular flexibility index (Phi) is 4.04. The highest BCUT2D eigenvalue weighted by Crippen LogP contribution is 2.24. The van der Waals surface area contributed by atoms with Gasteiger partial charge in [0.05, 0.1) is 11.4 Å². The fourth-order valence-corrected chi connectivity index (χ4v) is 3.28. The number of nitrogens with one attached hydrogen (secondary N) is 1. The van der Waals surface area contributed by atoms with Crippen molar-refractivity contribution in [2.24, 2.45) is 13.0 Å². The summed E-state index contributed by atoms with van der Waals surface area (Å²) in [5.41, 5.74) is 1.48. The van der Waals surface area contributed by atoms with Gasteiger partial charge in [0, 0.05) is 7.05 Å². The van der Waals surface area contributed by atoms with Gasteiger partial charge in [0.2, 0.25) is 0 Å². The molecular formula is C17H20N4O2S. The first-order valence-corrected chi connectivity index (χ1v) is 8.24. The molecule has 0 unspecified atom stereocenters. The lowest BCUT2D eigenvalue weighted by molar-refractivity contribution is -0.119. The van der Waals surface area contributed by atoms with E-state index in [-0.39, 0.29) is 22.5 Å². The second-order valence-electron chi connectivity index (χ2n) is 6.25. The molecule has 1 aliphatic rings. The molecule has 0 aliphatic carbocycles. The van der Waals surface area contributed by atoms with Crippen LogP contribution >= 0.6 is 12.2 Å². The molecule has 1 saturated heterocycles. The van der Waals surface area contributed by atoms with Crippen molar-refractivity contribution in [3.63, 3.8) is 0 Å². The fraction of sp³-hybridized carbons (Fsp3) is 0.353. The van der Waals surface area contributed by atoms with E-state index in [9.17, 15) is 9.59 Å². The first-order valence-electron chi connectivity index (χ1n) is 7.83. The minimum atomic E-state index is -0.401. The number of thiocarbonyl (C=S) groups is 1. The van der Waals surface area contributed by atoms with Crippen LogP contribution in [0.2, 0.25) is 0 Å². The molecule has 1 aliphatic heterocycles. The summed E-state index contributed by atoms with van der Waals surface area (Å²) in [5.74, 6) is -0.0955. The Morgan fingerprint density at radius 1 is 1.17 bits per heavy atom. The molecule has 1 N–H and O–H groups in total. The first-order chi connectivity index (χ1) is 11.3. The van der Waals surface area contributed by atoms with E-state index in [1.54, 1.807) is 16.4 Å². The van der Waals surface area contributed by atoms with Crippen molar-refractivity contribution < 1.29 is 4.79 Å². The molecule has 24 heavy (non-hydrogen) atoms. The van der Waals surface area contributed by atoms with Crippen LogP contribution in [0.5, 0.6) is 0 Å². The normalized spacial score (nSPS) is 17.7. The smallest absolute Gasteiger partial charge is 0.296 e. The summed E-state index contributed by atoms with van der Waals surface area (Å²) >= 11 is 5.32. The van der Waals surface area contributed by atoms with Crippen LogP contribution in [0.25, 0.3) is 5.69 Å². The summed E-state index contributed by atoms with van der Waals surface area (Å²) in [6, 6.07) is 8.93. The SMILES string of the molecule is Cc1c(N2C(=O)[C@H](C(C)C)NC2=S)c(=O)n(-c2ccccc2)n1C. The largest absolute Gasteiger partial charge is 0.350 e. The third-order valence-electron chi connectivity index (χ3n) is 4.38. The maximum atomic E-state index is 13.0. The molecule has 1 atom stereocenters. The molecule has 6 nitrogen and oxygen atoms in total. The van der Waals surface area contributed by atoms with Crippen LogP contribution in [0, 0.1) is 12.8 Å². The predicted molar refractivity (Wildman–Crippen MR) is 97.6 cm³/mol. The van der Waals surface area contributed by atoms with E-state index in [0.29, 0.717) is 11.4 Å². The van der Waals surface area contributed by atoms with Crippen LogP contribution in [0.15, 0.2) is 35.1 Å². The third-order valence-corrected chi connectivity index (χ3v) is 4.68. The maximum Gasteiger partial charge on any atom is 0.296 e. The Labute approximate surface area is 145 Å². The molecule has 1 aromatic carbocycles. The van der Waals surface area contributed by atoms with Gasteiger partial charge in [-0.15, -0.1) is 0 Å². The molecule has 0 spiro atoms. The van der Waals surface area contributed by atoms with Gasteiger partial charge in [-0.1, -0.05) is 32.0 Å². The van der Waals surface area contributed by atoms with Crippen LogP contribution < -0.4 is 15.8 Å². The van der Waals surface area contributed by atoms with Gasteiger partial charge in [-0.05, 0) is 37.2 Å². The van der Waals surface area contributed by atoms with E-state index >= 15 is 0 Å². The number of para-hydroxylation sites is 1. The molecule has 2 heterocycles. The van der Waals surface area contributed by atoms with Gasteiger partial charge in [0.15, 0.2) is 5.11 Å². The molecule has 1 aromatic heterocycles. The number of nitrogens with zero attached hydrogens (tertiary/aromatic N) is 3. The predicted octanol–water partition coefficient (Wildman–Crippen LogP) is 1.73. The van der Waals surface area contributed by atoms with E-state index in [1.165, 1.54) is 4.90 Å². The third kappa shape index (κ3) is 2.36. The molecule has 2 aromatic rings. The maximum absolute atomic E-state index is 13.0. The van der Waals surface area contributed by atoms with Crippen molar-refractivity contribution in [2.45, 2.75) is 26.8 Å². The van der Waals surface area contributed by atoms with Gasteiger partial charge in [0.1, 0.15) is 11.7 Å². The van der Waals surface area contributed by atoms with Crippen molar-refractivity contribution in [2.75, 3.05) is 4.90 Å². The number of hydrogen-bond donors (Lipinski definition) is 1. The zero-order chi connectivity index (χ0) is 17.6. The minimum absolute atomic E-state index is 0.0841. The average molecular weight is 344 g/mol. The van der Waals surface area contributed by atoms with Crippen molar-refractivity contribution in [1.29, 1.82) is 0 Å². The van der Waals surface area contributed by atoms with Gasteiger partial charge < -0.3 is 5.32 Å². The molecular weight excluding hydrogens is 324 g/mol. The van der Waals surface area contributed by atoms with Crippen LogP contribution in [0.1, 0.15) is 19.5 Å². The molecule has 126 valence electrons. The van der Waals surface area contributed by atoms with Crippen LogP contribution in [-0.4, -0.2) is 26.4 Å². The van der Waals surface area contributed by atoms with Gasteiger partial charge >= 0.3 is 0 Å². The summed E-state index contributed by atoms with van der Waals surface area (Å²) < 4.78 is 3.29. The lowest BCUT2D eigenvalue weighted by Gasteiger charge is -2.14. The van der Waals surface area contributed by atoms with Crippen molar-refractivity contribution in [1.82, 2.24) is 14.7 Å². The first kappa shape index (κ1) is 16.4. The Bertz CT molecular complexity index is 867.